The lowest BCUT2D eigenvalue weighted by atomic mass is 9.93. The Bertz CT molecular complexity index is 1010. The molecule has 0 spiro atoms. The number of carboxylic acid groups (broad SMARTS) is 1. The van der Waals surface area contributed by atoms with E-state index in [2.05, 4.69) is 4.98 Å². The zero-order valence-corrected chi connectivity index (χ0v) is 14.7. The Balaban J connectivity index is 1.56. The Morgan fingerprint density at radius 3 is 2.85 bits per heavy atom. The zero-order chi connectivity index (χ0) is 18.3. The maximum absolute atomic E-state index is 12.8. The van der Waals surface area contributed by atoms with Gasteiger partial charge in [-0.05, 0) is 36.2 Å². The fourth-order valence-corrected chi connectivity index (χ4v) is 4.22. The third-order valence-electron chi connectivity index (χ3n) is 4.76. The van der Waals surface area contributed by atoms with Crippen LogP contribution in [0.1, 0.15) is 38.6 Å². The first kappa shape index (κ1) is 16.5. The highest BCUT2D eigenvalue weighted by molar-refractivity contribution is 7.22. The molecular formula is C19H17N3O3S. The summed E-state index contributed by atoms with van der Waals surface area (Å²) < 4.78 is 0.953. The SMILES string of the molecule is Nc1nc2cc(C(=O)N3CCC(c4ccccc4C(=O)O)C3)ccc2s1. The predicted molar refractivity (Wildman–Crippen MR) is 101 cm³/mol. The average Bonchev–Trinajstić information content (AvgIpc) is 3.26. The highest BCUT2D eigenvalue weighted by atomic mass is 32.1. The number of nitrogens with two attached hydrogens (primary N) is 1. The molecule has 1 aliphatic rings. The van der Waals surface area contributed by atoms with E-state index in [9.17, 15) is 14.7 Å². The predicted octanol–water partition coefficient (Wildman–Crippen LogP) is 3.21. The number of nitrogen functional groups attached to an aromatic ring is 1. The molecule has 132 valence electrons. The maximum atomic E-state index is 12.8. The smallest absolute Gasteiger partial charge is 0.335 e. The second-order valence-corrected chi connectivity index (χ2v) is 7.43. The summed E-state index contributed by atoms with van der Waals surface area (Å²) in [5.74, 6) is -0.962. The molecule has 4 rings (SSSR count). The van der Waals surface area contributed by atoms with Crippen molar-refractivity contribution in [2.45, 2.75) is 12.3 Å². The van der Waals surface area contributed by atoms with Crippen molar-refractivity contribution in [1.29, 1.82) is 0 Å². The molecule has 7 heteroatoms. The van der Waals surface area contributed by atoms with E-state index in [1.165, 1.54) is 11.3 Å². The molecule has 2 heterocycles. The molecule has 2 aromatic carbocycles. The number of amides is 1. The second kappa shape index (κ2) is 6.42. The number of likely N-dealkylation sites (tertiary alicyclic amines) is 1. The van der Waals surface area contributed by atoms with Crippen molar-refractivity contribution >= 4 is 38.6 Å². The van der Waals surface area contributed by atoms with E-state index in [1.54, 1.807) is 29.2 Å². The molecule has 1 saturated heterocycles. The van der Waals surface area contributed by atoms with Gasteiger partial charge in [-0.15, -0.1) is 0 Å². The van der Waals surface area contributed by atoms with Gasteiger partial charge in [0, 0.05) is 24.6 Å². The van der Waals surface area contributed by atoms with E-state index in [1.807, 2.05) is 18.2 Å². The number of rotatable bonds is 3. The second-order valence-electron chi connectivity index (χ2n) is 6.36. The topological polar surface area (TPSA) is 96.5 Å². The first-order valence-electron chi connectivity index (χ1n) is 8.30. The van der Waals surface area contributed by atoms with Crippen molar-refractivity contribution in [2.75, 3.05) is 18.8 Å². The van der Waals surface area contributed by atoms with Crippen molar-refractivity contribution in [3.63, 3.8) is 0 Å². The number of carbonyl (C=O) groups excluding carboxylic acids is 1. The Hall–Kier alpha value is -2.93. The van der Waals surface area contributed by atoms with Gasteiger partial charge in [0.2, 0.25) is 0 Å². The van der Waals surface area contributed by atoms with Crippen LogP contribution in [-0.2, 0) is 0 Å². The summed E-state index contributed by atoms with van der Waals surface area (Å²) in [5, 5.41) is 9.87. The lowest BCUT2D eigenvalue weighted by Crippen LogP contribution is -2.28. The van der Waals surface area contributed by atoms with Crippen LogP contribution in [0, 0.1) is 0 Å². The van der Waals surface area contributed by atoms with Gasteiger partial charge in [0.25, 0.3) is 5.91 Å². The first-order valence-corrected chi connectivity index (χ1v) is 9.12. The molecule has 1 aliphatic heterocycles. The number of hydrogen-bond acceptors (Lipinski definition) is 5. The van der Waals surface area contributed by atoms with Crippen LogP contribution < -0.4 is 5.73 Å². The van der Waals surface area contributed by atoms with E-state index in [4.69, 9.17) is 5.73 Å². The number of thiazole rings is 1. The highest BCUT2D eigenvalue weighted by Crippen LogP contribution is 2.31. The van der Waals surface area contributed by atoms with Crippen molar-refractivity contribution < 1.29 is 14.7 Å². The number of aromatic carboxylic acids is 1. The van der Waals surface area contributed by atoms with Crippen molar-refractivity contribution in [1.82, 2.24) is 9.88 Å². The molecule has 1 atom stereocenters. The summed E-state index contributed by atoms with van der Waals surface area (Å²) in [6, 6.07) is 12.4. The number of fused-ring (bicyclic) bond motifs is 1. The average molecular weight is 367 g/mol. The fraction of sp³-hybridized carbons (Fsp3) is 0.211. The number of aromatic nitrogens is 1. The standard InChI is InChI=1S/C19H17N3O3S/c20-19-21-15-9-11(5-6-16(15)26-19)17(23)22-8-7-12(10-22)13-3-1-2-4-14(13)18(24)25/h1-6,9,12H,7-8,10H2,(H2,20,21)(H,24,25). The Kier molecular flexibility index (Phi) is 4.08. The summed E-state index contributed by atoms with van der Waals surface area (Å²) in [4.78, 5) is 30.3. The summed E-state index contributed by atoms with van der Waals surface area (Å²) in [5.41, 5.74) is 8.13. The number of hydrogen-bond donors (Lipinski definition) is 2. The van der Waals surface area contributed by atoms with Crippen molar-refractivity contribution in [2.24, 2.45) is 0 Å². The molecule has 3 N–H and O–H groups in total. The van der Waals surface area contributed by atoms with Gasteiger partial charge in [0.15, 0.2) is 5.13 Å². The Morgan fingerprint density at radius 2 is 2.04 bits per heavy atom. The lowest BCUT2D eigenvalue weighted by Gasteiger charge is -2.17. The third kappa shape index (κ3) is 2.90. The van der Waals surface area contributed by atoms with Gasteiger partial charge in [0.1, 0.15) is 0 Å². The molecule has 6 nitrogen and oxygen atoms in total. The largest absolute Gasteiger partial charge is 0.478 e. The van der Waals surface area contributed by atoms with Gasteiger partial charge < -0.3 is 15.7 Å². The molecule has 3 aromatic rings. The minimum Gasteiger partial charge on any atom is -0.478 e. The van der Waals surface area contributed by atoms with Crippen LogP contribution in [0.4, 0.5) is 5.13 Å². The minimum atomic E-state index is -0.933. The van der Waals surface area contributed by atoms with E-state index in [-0.39, 0.29) is 11.8 Å². The van der Waals surface area contributed by atoms with Gasteiger partial charge in [-0.2, -0.15) is 0 Å². The van der Waals surface area contributed by atoms with Crippen LogP contribution in [0.2, 0.25) is 0 Å². The van der Waals surface area contributed by atoms with Crippen molar-refractivity contribution in [3.8, 4) is 0 Å². The molecule has 1 aromatic heterocycles. The summed E-state index contributed by atoms with van der Waals surface area (Å²) in [6.45, 7) is 1.12. The molecule has 0 aliphatic carbocycles. The van der Waals surface area contributed by atoms with Crippen molar-refractivity contribution in [3.05, 3.63) is 59.2 Å². The van der Waals surface area contributed by atoms with Gasteiger partial charge in [0.05, 0.1) is 15.8 Å². The fourth-order valence-electron chi connectivity index (χ4n) is 3.51. The monoisotopic (exact) mass is 367 g/mol. The summed E-state index contributed by atoms with van der Waals surface area (Å²) in [7, 11) is 0. The van der Waals surface area contributed by atoms with E-state index >= 15 is 0 Å². The van der Waals surface area contributed by atoms with E-state index < -0.39 is 5.97 Å². The molecule has 1 amide bonds. The Morgan fingerprint density at radius 1 is 1.23 bits per heavy atom. The van der Waals surface area contributed by atoms with E-state index in [0.717, 1.165) is 22.2 Å². The highest BCUT2D eigenvalue weighted by Gasteiger charge is 2.30. The van der Waals surface area contributed by atoms with Gasteiger partial charge in [-0.3, -0.25) is 4.79 Å². The number of carbonyl (C=O) groups is 2. The molecule has 1 unspecified atom stereocenters. The molecule has 0 radical (unpaired) electrons. The minimum absolute atomic E-state index is 0.0323. The number of benzene rings is 2. The number of anilines is 1. The van der Waals surface area contributed by atoms with Gasteiger partial charge >= 0.3 is 5.97 Å². The number of carboxylic acids is 1. The summed E-state index contributed by atoms with van der Waals surface area (Å²) in [6.07, 6.45) is 0.752. The van der Waals surface area contributed by atoms with E-state index in [0.29, 0.717) is 29.3 Å². The Labute approximate surface area is 153 Å². The molecular weight excluding hydrogens is 350 g/mol. The van der Waals surface area contributed by atoms with Gasteiger partial charge in [-0.1, -0.05) is 29.5 Å². The first-order chi connectivity index (χ1) is 12.5. The molecule has 0 saturated carbocycles. The zero-order valence-electron chi connectivity index (χ0n) is 13.9. The summed E-state index contributed by atoms with van der Waals surface area (Å²) >= 11 is 1.39. The van der Waals surface area contributed by atoms with Crippen LogP contribution in [0.15, 0.2) is 42.5 Å². The van der Waals surface area contributed by atoms with Crippen LogP contribution in [0.25, 0.3) is 10.2 Å². The van der Waals surface area contributed by atoms with Crippen LogP contribution in [-0.4, -0.2) is 40.0 Å². The normalized spacial score (nSPS) is 16.9. The van der Waals surface area contributed by atoms with Crippen LogP contribution >= 0.6 is 11.3 Å². The number of nitrogens with zero attached hydrogens (tertiary/aromatic N) is 2. The third-order valence-corrected chi connectivity index (χ3v) is 5.62. The maximum Gasteiger partial charge on any atom is 0.335 e. The van der Waals surface area contributed by atoms with Gasteiger partial charge in [-0.25, -0.2) is 9.78 Å². The quantitative estimate of drug-likeness (QED) is 0.741. The van der Waals surface area contributed by atoms with Crippen LogP contribution in [0.5, 0.6) is 0 Å². The molecule has 26 heavy (non-hydrogen) atoms. The molecule has 0 bridgehead atoms. The lowest BCUT2D eigenvalue weighted by molar-refractivity contribution is 0.0695. The van der Waals surface area contributed by atoms with Crippen LogP contribution in [0.3, 0.4) is 0 Å². The molecule has 1 fully saturated rings.